The van der Waals surface area contributed by atoms with E-state index in [0.29, 0.717) is 18.1 Å². The van der Waals surface area contributed by atoms with Crippen molar-refractivity contribution in [1.29, 1.82) is 0 Å². The molecule has 1 saturated heterocycles. The van der Waals surface area contributed by atoms with Crippen LogP contribution in [0.5, 0.6) is 0 Å². The van der Waals surface area contributed by atoms with Crippen LogP contribution in [0.1, 0.15) is 24.9 Å². The molecule has 0 saturated carbocycles. The molecule has 1 fully saturated rings. The molecule has 0 aliphatic carbocycles. The first-order valence-electron chi connectivity index (χ1n) is 9.87. The van der Waals surface area contributed by atoms with Crippen LogP contribution in [0.3, 0.4) is 0 Å². The molecule has 162 valence electrons. The number of likely N-dealkylation sites (N-methyl/N-ethyl adjacent to an activating group) is 1. The van der Waals surface area contributed by atoms with Crippen molar-refractivity contribution in [3.05, 3.63) is 35.4 Å². The number of carbonyl (C=O) groups is 1. The maximum atomic E-state index is 14.1. The Morgan fingerprint density at radius 3 is 2.69 bits per heavy atom. The molecule has 1 aromatic carbocycles. The van der Waals surface area contributed by atoms with Crippen LogP contribution in [0.15, 0.2) is 23.2 Å². The monoisotopic (exact) mass is 411 g/mol. The van der Waals surface area contributed by atoms with E-state index in [9.17, 15) is 13.6 Å². The molecule has 1 heterocycles. The van der Waals surface area contributed by atoms with E-state index >= 15 is 0 Å². The molecule has 1 unspecified atom stereocenters. The minimum absolute atomic E-state index is 0.0234. The summed E-state index contributed by atoms with van der Waals surface area (Å²) in [7, 11) is 3.33. The average molecular weight is 411 g/mol. The number of morpholine rings is 1. The molecule has 9 heteroatoms. The Hall–Kier alpha value is -2.26. The Labute approximate surface area is 171 Å². The van der Waals surface area contributed by atoms with E-state index in [1.165, 1.54) is 17.0 Å². The topological polar surface area (TPSA) is 69.2 Å². The number of ether oxygens (including phenoxy) is 1. The molecule has 1 aliphatic rings. The predicted octanol–water partition coefficient (Wildman–Crippen LogP) is 1.37. The standard InChI is InChI=1S/C20H31F2N5O2/c1-15(17-6-5-16(21)13-18(17)22)25-20(24-14-19(28)26(2)3)23-7-4-8-27-9-11-29-12-10-27/h5-6,13,15H,4,7-12,14H2,1-3H3,(H2,23,24,25). The van der Waals surface area contributed by atoms with Crippen molar-refractivity contribution in [2.75, 3.05) is 60.0 Å². The molecule has 1 aliphatic heterocycles. The molecule has 0 bridgehead atoms. The first-order chi connectivity index (χ1) is 13.9. The molecule has 1 atom stereocenters. The van der Waals surface area contributed by atoms with Crippen LogP contribution in [-0.2, 0) is 9.53 Å². The van der Waals surface area contributed by atoms with E-state index in [2.05, 4.69) is 20.5 Å². The molecule has 0 radical (unpaired) electrons. The van der Waals surface area contributed by atoms with Crippen LogP contribution in [-0.4, -0.2) is 81.7 Å². The lowest BCUT2D eigenvalue weighted by Gasteiger charge is -2.26. The van der Waals surface area contributed by atoms with Gasteiger partial charge in [0.2, 0.25) is 5.91 Å². The Bertz CT molecular complexity index is 693. The van der Waals surface area contributed by atoms with Gasteiger partial charge in [0, 0.05) is 45.4 Å². The molecule has 1 aromatic rings. The zero-order chi connectivity index (χ0) is 21.2. The van der Waals surface area contributed by atoms with Crippen molar-refractivity contribution < 1.29 is 18.3 Å². The second-order valence-electron chi connectivity index (χ2n) is 7.22. The quantitative estimate of drug-likeness (QED) is 0.384. The summed E-state index contributed by atoms with van der Waals surface area (Å²) in [6, 6.07) is 3.04. The van der Waals surface area contributed by atoms with Gasteiger partial charge in [0.1, 0.15) is 18.2 Å². The van der Waals surface area contributed by atoms with Gasteiger partial charge < -0.3 is 20.3 Å². The first kappa shape index (κ1) is 23.0. The number of hydrogen-bond acceptors (Lipinski definition) is 4. The van der Waals surface area contributed by atoms with Gasteiger partial charge in [-0.3, -0.25) is 9.69 Å². The lowest BCUT2D eigenvalue weighted by Crippen LogP contribution is -2.42. The van der Waals surface area contributed by atoms with Crippen molar-refractivity contribution in [2.45, 2.75) is 19.4 Å². The zero-order valence-corrected chi connectivity index (χ0v) is 17.4. The van der Waals surface area contributed by atoms with Crippen LogP contribution in [0.2, 0.25) is 0 Å². The average Bonchev–Trinajstić information content (AvgIpc) is 2.69. The largest absolute Gasteiger partial charge is 0.379 e. The lowest BCUT2D eigenvalue weighted by molar-refractivity contribution is -0.127. The number of aliphatic imine (C=N–C) groups is 1. The molecule has 7 nitrogen and oxygen atoms in total. The highest BCUT2D eigenvalue weighted by Crippen LogP contribution is 2.17. The molecule has 0 aromatic heterocycles. The summed E-state index contributed by atoms with van der Waals surface area (Å²) in [6.07, 6.45) is 0.890. The van der Waals surface area contributed by atoms with Gasteiger partial charge in [-0.05, 0) is 26.0 Å². The van der Waals surface area contributed by atoms with E-state index in [4.69, 9.17) is 4.74 Å². The van der Waals surface area contributed by atoms with Gasteiger partial charge in [-0.15, -0.1) is 0 Å². The van der Waals surface area contributed by atoms with Crippen LogP contribution in [0.4, 0.5) is 8.78 Å². The first-order valence-corrected chi connectivity index (χ1v) is 9.87. The van der Waals surface area contributed by atoms with E-state index in [0.717, 1.165) is 45.3 Å². The molecular weight excluding hydrogens is 380 g/mol. The second-order valence-corrected chi connectivity index (χ2v) is 7.22. The Morgan fingerprint density at radius 1 is 1.31 bits per heavy atom. The Morgan fingerprint density at radius 2 is 2.03 bits per heavy atom. The van der Waals surface area contributed by atoms with E-state index in [1.807, 2.05) is 0 Å². The summed E-state index contributed by atoms with van der Waals surface area (Å²) in [4.78, 5) is 20.0. The molecule has 29 heavy (non-hydrogen) atoms. The number of benzene rings is 1. The van der Waals surface area contributed by atoms with Gasteiger partial charge in [0.05, 0.1) is 19.3 Å². The van der Waals surface area contributed by atoms with Gasteiger partial charge in [-0.1, -0.05) is 6.07 Å². The lowest BCUT2D eigenvalue weighted by atomic mass is 10.1. The van der Waals surface area contributed by atoms with Crippen LogP contribution in [0, 0.1) is 11.6 Å². The summed E-state index contributed by atoms with van der Waals surface area (Å²) in [5.41, 5.74) is 0.327. The molecule has 1 amide bonds. The normalized spacial score (nSPS) is 16.4. The summed E-state index contributed by atoms with van der Waals surface area (Å²) in [5.74, 6) is -0.968. The summed E-state index contributed by atoms with van der Waals surface area (Å²) in [6.45, 7) is 6.69. The summed E-state index contributed by atoms with van der Waals surface area (Å²) >= 11 is 0. The molecular formula is C20H31F2N5O2. The minimum atomic E-state index is -0.624. The van der Waals surface area contributed by atoms with Crippen molar-refractivity contribution in [3.8, 4) is 0 Å². The number of nitrogens with one attached hydrogen (secondary N) is 2. The SMILES string of the molecule is CC(NC(=NCC(=O)N(C)C)NCCCN1CCOCC1)c1ccc(F)cc1F. The predicted molar refractivity (Wildman–Crippen MR) is 109 cm³/mol. The van der Waals surface area contributed by atoms with Crippen LogP contribution >= 0.6 is 0 Å². The third-order valence-electron chi connectivity index (χ3n) is 4.70. The highest BCUT2D eigenvalue weighted by atomic mass is 19.1. The molecule has 0 spiro atoms. The van der Waals surface area contributed by atoms with Gasteiger partial charge in [0.15, 0.2) is 5.96 Å². The minimum Gasteiger partial charge on any atom is -0.379 e. The number of carbonyl (C=O) groups excluding carboxylic acids is 1. The fourth-order valence-corrected chi connectivity index (χ4v) is 2.91. The van der Waals surface area contributed by atoms with Gasteiger partial charge in [0.25, 0.3) is 0 Å². The van der Waals surface area contributed by atoms with Crippen molar-refractivity contribution in [3.63, 3.8) is 0 Å². The van der Waals surface area contributed by atoms with Crippen molar-refractivity contribution >= 4 is 11.9 Å². The Balaban J connectivity index is 1.94. The summed E-state index contributed by atoms with van der Waals surface area (Å²) in [5, 5.41) is 6.30. The third kappa shape index (κ3) is 7.94. The van der Waals surface area contributed by atoms with Crippen molar-refractivity contribution in [2.24, 2.45) is 4.99 Å². The molecule has 2 rings (SSSR count). The highest BCUT2D eigenvalue weighted by molar-refractivity contribution is 5.85. The fraction of sp³-hybridized carbons (Fsp3) is 0.600. The van der Waals surface area contributed by atoms with Gasteiger partial charge in [-0.25, -0.2) is 13.8 Å². The number of hydrogen-bond donors (Lipinski definition) is 2. The second kappa shape index (κ2) is 11.7. The number of rotatable bonds is 8. The molecule has 2 N–H and O–H groups in total. The number of halogens is 2. The Kier molecular flexibility index (Phi) is 9.27. The smallest absolute Gasteiger partial charge is 0.243 e. The summed E-state index contributed by atoms with van der Waals surface area (Å²) < 4.78 is 32.6. The van der Waals surface area contributed by atoms with E-state index < -0.39 is 17.7 Å². The number of amides is 1. The fourth-order valence-electron chi connectivity index (χ4n) is 2.91. The van der Waals surface area contributed by atoms with E-state index in [-0.39, 0.29) is 12.5 Å². The zero-order valence-electron chi connectivity index (χ0n) is 17.4. The number of guanidine groups is 1. The van der Waals surface area contributed by atoms with Gasteiger partial charge in [-0.2, -0.15) is 0 Å². The number of nitrogens with zero attached hydrogens (tertiary/aromatic N) is 3. The van der Waals surface area contributed by atoms with Crippen LogP contribution < -0.4 is 10.6 Å². The van der Waals surface area contributed by atoms with Crippen molar-refractivity contribution in [1.82, 2.24) is 20.4 Å². The van der Waals surface area contributed by atoms with E-state index in [1.54, 1.807) is 21.0 Å². The maximum Gasteiger partial charge on any atom is 0.243 e. The third-order valence-corrected chi connectivity index (χ3v) is 4.70. The maximum absolute atomic E-state index is 14.1. The highest BCUT2D eigenvalue weighted by Gasteiger charge is 2.14. The van der Waals surface area contributed by atoms with Gasteiger partial charge >= 0.3 is 0 Å². The van der Waals surface area contributed by atoms with Crippen LogP contribution in [0.25, 0.3) is 0 Å².